The van der Waals surface area contributed by atoms with E-state index >= 15 is 0 Å². The number of carbonyl (C=O) groups is 1. The number of rotatable bonds is 8. The number of likely N-dealkylation sites (N-methyl/N-ethyl adjacent to an activating group) is 1. The molecule has 142 valence electrons. The summed E-state index contributed by atoms with van der Waals surface area (Å²) in [6.45, 7) is 4.31. The van der Waals surface area contributed by atoms with Gasteiger partial charge in [0.25, 0.3) is 0 Å². The summed E-state index contributed by atoms with van der Waals surface area (Å²) < 4.78 is 5.79. The van der Waals surface area contributed by atoms with E-state index in [-0.39, 0.29) is 5.91 Å². The highest BCUT2D eigenvalue weighted by atomic mass is 16.5. The Bertz CT molecular complexity index is 732. The fourth-order valence-electron chi connectivity index (χ4n) is 3.93. The molecule has 1 amide bonds. The first kappa shape index (κ1) is 18.8. The van der Waals surface area contributed by atoms with Crippen molar-refractivity contribution in [2.45, 2.75) is 45.1 Å². The first-order chi connectivity index (χ1) is 12.6. The predicted octanol–water partition coefficient (Wildman–Crippen LogP) is 3.44. The summed E-state index contributed by atoms with van der Waals surface area (Å²) >= 11 is 0. The van der Waals surface area contributed by atoms with Gasteiger partial charge in [-0.25, -0.2) is 0 Å². The molecule has 1 aromatic heterocycles. The third-order valence-electron chi connectivity index (χ3n) is 5.26. The summed E-state index contributed by atoms with van der Waals surface area (Å²) in [5.74, 6) is 1.08. The number of H-pyrrole nitrogens is 1. The van der Waals surface area contributed by atoms with Crippen LogP contribution in [0.4, 0.5) is 0 Å². The first-order valence-electron chi connectivity index (χ1n) is 9.76. The molecule has 5 heteroatoms. The zero-order valence-corrected chi connectivity index (χ0v) is 16.3. The minimum Gasteiger partial charge on any atom is -0.493 e. The number of ether oxygens (including phenoxy) is 1. The van der Waals surface area contributed by atoms with E-state index in [0.29, 0.717) is 19.1 Å². The number of nitrogens with zero attached hydrogens (tertiary/aromatic N) is 2. The molecule has 0 unspecified atom stereocenters. The highest BCUT2D eigenvalue weighted by Crippen LogP contribution is 2.30. The van der Waals surface area contributed by atoms with E-state index in [1.165, 1.54) is 12.8 Å². The number of nitrogens with one attached hydrogen (secondary N) is 1. The SMILES string of the molecule is CCOc1cccc2[nH]cc(CC(=O)N(CCN(C)C)C3CCCC3)c12. The van der Waals surface area contributed by atoms with Crippen LogP contribution in [0.3, 0.4) is 0 Å². The van der Waals surface area contributed by atoms with E-state index in [1.807, 2.05) is 31.3 Å². The summed E-state index contributed by atoms with van der Waals surface area (Å²) in [5.41, 5.74) is 2.06. The Morgan fingerprint density at radius 3 is 2.69 bits per heavy atom. The maximum absolute atomic E-state index is 13.2. The number of aromatic nitrogens is 1. The minimum atomic E-state index is 0.228. The number of carbonyl (C=O) groups excluding carboxylic acids is 1. The maximum Gasteiger partial charge on any atom is 0.227 e. The van der Waals surface area contributed by atoms with E-state index in [1.54, 1.807) is 0 Å². The largest absolute Gasteiger partial charge is 0.493 e. The lowest BCUT2D eigenvalue weighted by Gasteiger charge is -2.30. The molecule has 1 N–H and O–H groups in total. The minimum absolute atomic E-state index is 0.228. The standard InChI is InChI=1S/C21H31N3O2/c1-4-26-19-11-7-10-18-21(19)16(15-22-18)14-20(25)24(13-12-23(2)3)17-8-5-6-9-17/h7,10-11,15,17,22H,4-6,8-9,12-14H2,1-3H3. The Kier molecular flexibility index (Phi) is 6.20. The van der Waals surface area contributed by atoms with Gasteiger partial charge in [-0.2, -0.15) is 0 Å². The zero-order valence-electron chi connectivity index (χ0n) is 16.3. The lowest BCUT2D eigenvalue weighted by molar-refractivity contribution is -0.132. The second-order valence-electron chi connectivity index (χ2n) is 7.43. The summed E-state index contributed by atoms with van der Waals surface area (Å²) in [4.78, 5) is 20.7. The van der Waals surface area contributed by atoms with Crippen molar-refractivity contribution in [1.82, 2.24) is 14.8 Å². The summed E-state index contributed by atoms with van der Waals surface area (Å²) in [6, 6.07) is 6.40. The van der Waals surface area contributed by atoms with E-state index in [0.717, 1.165) is 48.1 Å². The molecule has 0 spiro atoms. The normalized spacial score (nSPS) is 15.1. The van der Waals surface area contributed by atoms with Crippen LogP contribution in [-0.4, -0.2) is 60.5 Å². The van der Waals surface area contributed by atoms with Crippen LogP contribution in [0.2, 0.25) is 0 Å². The summed E-state index contributed by atoms with van der Waals surface area (Å²) in [6.07, 6.45) is 7.13. The van der Waals surface area contributed by atoms with Crippen LogP contribution in [0.15, 0.2) is 24.4 Å². The van der Waals surface area contributed by atoms with Gasteiger partial charge >= 0.3 is 0 Å². The third kappa shape index (κ3) is 4.21. The Labute approximate surface area is 156 Å². The van der Waals surface area contributed by atoms with Gasteiger partial charge in [-0.1, -0.05) is 18.9 Å². The second kappa shape index (κ2) is 8.58. The van der Waals surface area contributed by atoms with Crippen LogP contribution in [-0.2, 0) is 11.2 Å². The van der Waals surface area contributed by atoms with Gasteiger partial charge in [-0.05, 0) is 51.6 Å². The molecule has 26 heavy (non-hydrogen) atoms. The smallest absolute Gasteiger partial charge is 0.227 e. The number of benzene rings is 1. The van der Waals surface area contributed by atoms with E-state index < -0.39 is 0 Å². The molecule has 2 aromatic rings. The first-order valence-corrected chi connectivity index (χ1v) is 9.76. The molecule has 0 atom stereocenters. The Balaban J connectivity index is 1.81. The van der Waals surface area contributed by atoms with Crippen molar-refractivity contribution >= 4 is 16.8 Å². The van der Waals surface area contributed by atoms with Crippen LogP contribution >= 0.6 is 0 Å². The maximum atomic E-state index is 13.2. The summed E-state index contributed by atoms with van der Waals surface area (Å²) in [5, 5.41) is 1.04. The van der Waals surface area contributed by atoms with Crippen LogP contribution in [0.1, 0.15) is 38.2 Å². The summed E-state index contributed by atoms with van der Waals surface area (Å²) in [7, 11) is 4.12. The third-order valence-corrected chi connectivity index (χ3v) is 5.26. The molecule has 0 aliphatic heterocycles. The van der Waals surface area contributed by atoms with E-state index in [9.17, 15) is 4.79 Å². The highest BCUT2D eigenvalue weighted by Gasteiger charge is 2.27. The van der Waals surface area contributed by atoms with Crippen LogP contribution in [0, 0.1) is 0 Å². The van der Waals surface area contributed by atoms with E-state index in [2.05, 4.69) is 28.9 Å². The zero-order chi connectivity index (χ0) is 18.5. The predicted molar refractivity (Wildman–Crippen MR) is 106 cm³/mol. The fourth-order valence-corrected chi connectivity index (χ4v) is 3.93. The van der Waals surface area contributed by atoms with Gasteiger partial charge in [-0.3, -0.25) is 4.79 Å². The molecule has 1 aliphatic carbocycles. The van der Waals surface area contributed by atoms with Crippen molar-refractivity contribution in [2.75, 3.05) is 33.8 Å². The quantitative estimate of drug-likeness (QED) is 0.787. The topological polar surface area (TPSA) is 48.6 Å². The number of amides is 1. The van der Waals surface area contributed by atoms with Gasteiger partial charge in [0.15, 0.2) is 0 Å². The molecule has 5 nitrogen and oxygen atoms in total. The lowest BCUT2D eigenvalue weighted by atomic mass is 10.1. The Morgan fingerprint density at radius 1 is 1.23 bits per heavy atom. The molecule has 1 fully saturated rings. The molecule has 1 aromatic carbocycles. The average Bonchev–Trinajstić information content (AvgIpc) is 3.26. The average molecular weight is 357 g/mol. The molecule has 1 saturated carbocycles. The van der Waals surface area contributed by atoms with Crippen molar-refractivity contribution in [3.63, 3.8) is 0 Å². The Morgan fingerprint density at radius 2 is 2.00 bits per heavy atom. The molecular weight excluding hydrogens is 326 g/mol. The molecular formula is C21H31N3O2. The van der Waals surface area contributed by atoms with Gasteiger partial charge < -0.3 is 19.5 Å². The monoisotopic (exact) mass is 357 g/mol. The Hall–Kier alpha value is -2.01. The number of hydrogen-bond acceptors (Lipinski definition) is 3. The molecule has 0 saturated heterocycles. The van der Waals surface area contributed by atoms with Gasteiger partial charge in [0, 0.05) is 36.2 Å². The number of fused-ring (bicyclic) bond motifs is 1. The molecule has 3 rings (SSSR count). The second-order valence-corrected chi connectivity index (χ2v) is 7.43. The molecule has 1 aliphatic rings. The van der Waals surface area contributed by atoms with Crippen molar-refractivity contribution in [2.24, 2.45) is 0 Å². The number of aromatic amines is 1. The van der Waals surface area contributed by atoms with Gasteiger partial charge in [-0.15, -0.1) is 0 Å². The van der Waals surface area contributed by atoms with Crippen LogP contribution in [0.25, 0.3) is 10.9 Å². The molecule has 1 heterocycles. The van der Waals surface area contributed by atoms with Crippen molar-refractivity contribution in [1.29, 1.82) is 0 Å². The molecule has 0 bridgehead atoms. The van der Waals surface area contributed by atoms with E-state index in [4.69, 9.17) is 4.74 Å². The number of hydrogen-bond donors (Lipinski definition) is 1. The highest BCUT2D eigenvalue weighted by molar-refractivity contribution is 5.93. The van der Waals surface area contributed by atoms with Gasteiger partial charge in [0.2, 0.25) is 5.91 Å². The molecule has 0 radical (unpaired) electrons. The van der Waals surface area contributed by atoms with Crippen molar-refractivity contribution in [3.05, 3.63) is 30.0 Å². The van der Waals surface area contributed by atoms with Crippen molar-refractivity contribution in [3.8, 4) is 5.75 Å². The van der Waals surface area contributed by atoms with Gasteiger partial charge in [0.05, 0.1) is 13.0 Å². The lowest BCUT2D eigenvalue weighted by Crippen LogP contribution is -2.43. The van der Waals surface area contributed by atoms with Gasteiger partial charge in [0.1, 0.15) is 5.75 Å². The fraction of sp³-hybridized carbons (Fsp3) is 0.571. The van der Waals surface area contributed by atoms with Crippen LogP contribution in [0.5, 0.6) is 5.75 Å². The van der Waals surface area contributed by atoms with Crippen molar-refractivity contribution < 1.29 is 9.53 Å². The van der Waals surface area contributed by atoms with Crippen LogP contribution < -0.4 is 4.74 Å².